The Morgan fingerprint density at radius 3 is 2.68 bits per heavy atom. The van der Waals surface area contributed by atoms with Gasteiger partial charge < -0.3 is 9.84 Å². The van der Waals surface area contributed by atoms with Crippen LogP contribution < -0.4 is 4.74 Å². The summed E-state index contributed by atoms with van der Waals surface area (Å²) in [5.41, 5.74) is 1.84. The average Bonchev–Trinajstić information content (AvgIpc) is 2.37. The number of rotatable bonds is 4. The Balaban J connectivity index is 2.07. The maximum Gasteiger partial charge on any atom is 0.138 e. The van der Waals surface area contributed by atoms with E-state index in [2.05, 4.69) is 15.9 Å². The lowest BCUT2D eigenvalue weighted by molar-refractivity contribution is 0.199. The van der Waals surface area contributed by atoms with Crippen LogP contribution in [0.25, 0.3) is 0 Å². The van der Waals surface area contributed by atoms with Crippen molar-refractivity contribution in [3.05, 3.63) is 63.1 Å². The molecule has 0 aliphatic carbocycles. The summed E-state index contributed by atoms with van der Waals surface area (Å²) in [6.45, 7) is 2.15. The minimum absolute atomic E-state index is 0.452. The Bertz CT molecular complexity index is 570. The van der Waals surface area contributed by atoms with Crippen LogP contribution in [0.3, 0.4) is 0 Å². The number of aliphatic hydroxyl groups excluding tert-OH is 1. The Morgan fingerprint density at radius 2 is 2.05 bits per heavy atom. The molecule has 0 aliphatic rings. The molecule has 0 aromatic heterocycles. The Hall–Kier alpha value is -1.03. The van der Waals surface area contributed by atoms with Gasteiger partial charge in [-0.1, -0.05) is 45.7 Å². The Kier molecular flexibility index (Phi) is 4.86. The van der Waals surface area contributed by atoms with E-state index < -0.39 is 6.10 Å². The molecular weight excluding hydrogens is 328 g/mol. The molecule has 0 aliphatic heterocycles. The van der Waals surface area contributed by atoms with Crippen molar-refractivity contribution in [3.63, 3.8) is 0 Å². The molecule has 0 unspecified atom stereocenters. The van der Waals surface area contributed by atoms with Crippen molar-refractivity contribution in [3.8, 4) is 5.75 Å². The van der Waals surface area contributed by atoms with Crippen molar-refractivity contribution < 1.29 is 9.84 Å². The van der Waals surface area contributed by atoms with Crippen molar-refractivity contribution >= 4 is 27.5 Å². The molecule has 2 aromatic rings. The van der Waals surface area contributed by atoms with E-state index in [0.29, 0.717) is 17.4 Å². The first-order valence-corrected chi connectivity index (χ1v) is 7.08. The molecule has 0 fully saturated rings. The quantitative estimate of drug-likeness (QED) is 0.870. The van der Waals surface area contributed by atoms with Crippen molar-refractivity contribution in [2.24, 2.45) is 0 Å². The van der Waals surface area contributed by atoms with Gasteiger partial charge in [0.15, 0.2) is 0 Å². The van der Waals surface area contributed by atoms with E-state index in [-0.39, 0.29) is 0 Å². The lowest BCUT2D eigenvalue weighted by Crippen LogP contribution is -1.97. The molecule has 2 aromatic carbocycles. The molecule has 0 spiro atoms. The van der Waals surface area contributed by atoms with Crippen LogP contribution >= 0.6 is 27.5 Å². The number of hydrogen-bond acceptors (Lipinski definition) is 2. The third-order valence-electron chi connectivity index (χ3n) is 2.72. The minimum atomic E-state index is -0.531. The minimum Gasteiger partial charge on any atom is -0.487 e. The molecule has 1 atom stereocenters. The highest BCUT2D eigenvalue weighted by Gasteiger charge is 2.07. The lowest BCUT2D eigenvalue weighted by atomic mass is 10.1. The van der Waals surface area contributed by atoms with Gasteiger partial charge in [-0.3, -0.25) is 0 Å². The smallest absolute Gasteiger partial charge is 0.138 e. The van der Waals surface area contributed by atoms with E-state index in [1.807, 2.05) is 30.3 Å². The van der Waals surface area contributed by atoms with Gasteiger partial charge in [-0.25, -0.2) is 0 Å². The van der Waals surface area contributed by atoms with Gasteiger partial charge in [-0.15, -0.1) is 0 Å². The van der Waals surface area contributed by atoms with E-state index >= 15 is 0 Å². The summed E-state index contributed by atoms with van der Waals surface area (Å²) in [7, 11) is 0. The van der Waals surface area contributed by atoms with Gasteiger partial charge in [0.25, 0.3) is 0 Å². The molecule has 2 rings (SSSR count). The monoisotopic (exact) mass is 340 g/mol. The van der Waals surface area contributed by atoms with E-state index in [0.717, 1.165) is 15.6 Å². The first kappa shape index (κ1) is 14.4. The maximum atomic E-state index is 9.47. The molecular formula is C15H14BrClO2. The molecule has 0 radical (unpaired) electrons. The van der Waals surface area contributed by atoms with Crippen LogP contribution in [0, 0.1) is 0 Å². The van der Waals surface area contributed by atoms with Crippen LogP contribution in [0.5, 0.6) is 5.75 Å². The molecule has 19 heavy (non-hydrogen) atoms. The predicted molar refractivity (Wildman–Crippen MR) is 80.6 cm³/mol. The summed E-state index contributed by atoms with van der Waals surface area (Å²) < 4.78 is 6.70. The molecule has 4 heteroatoms. The van der Waals surface area contributed by atoms with Gasteiger partial charge in [0, 0.05) is 4.47 Å². The van der Waals surface area contributed by atoms with E-state index in [1.165, 1.54) is 0 Å². The van der Waals surface area contributed by atoms with Crippen LogP contribution in [0.2, 0.25) is 5.02 Å². The van der Waals surface area contributed by atoms with Crippen molar-refractivity contribution in [2.75, 3.05) is 0 Å². The molecule has 0 amide bonds. The standard InChI is InChI=1S/C15H14BrClO2/c1-10(18)12-5-6-15(14(17)8-12)19-9-11-3-2-4-13(16)7-11/h2-8,10,18H,9H2,1H3/t10-/m1/s1. The summed E-state index contributed by atoms with van der Waals surface area (Å²) in [6.07, 6.45) is -0.531. The fraction of sp³-hybridized carbons (Fsp3) is 0.200. The van der Waals surface area contributed by atoms with Gasteiger partial charge in [0.2, 0.25) is 0 Å². The third kappa shape index (κ3) is 3.96. The van der Waals surface area contributed by atoms with Crippen LogP contribution in [-0.2, 0) is 6.61 Å². The zero-order valence-corrected chi connectivity index (χ0v) is 12.8. The van der Waals surface area contributed by atoms with Crippen LogP contribution in [0.1, 0.15) is 24.2 Å². The topological polar surface area (TPSA) is 29.5 Å². The van der Waals surface area contributed by atoms with Gasteiger partial charge >= 0.3 is 0 Å². The highest BCUT2D eigenvalue weighted by Crippen LogP contribution is 2.28. The number of aliphatic hydroxyl groups is 1. The SMILES string of the molecule is C[C@@H](O)c1ccc(OCc2cccc(Br)c2)c(Cl)c1. The number of halogens is 2. The highest BCUT2D eigenvalue weighted by molar-refractivity contribution is 9.10. The Morgan fingerprint density at radius 1 is 1.26 bits per heavy atom. The van der Waals surface area contributed by atoms with Gasteiger partial charge in [0.1, 0.15) is 12.4 Å². The summed E-state index contributed by atoms with van der Waals surface area (Å²) >= 11 is 9.54. The summed E-state index contributed by atoms with van der Waals surface area (Å²) in [6, 6.07) is 13.2. The summed E-state index contributed by atoms with van der Waals surface area (Å²) in [5.74, 6) is 0.617. The normalized spacial score (nSPS) is 12.2. The summed E-state index contributed by atoms with van der Waals surface area (Å²) in [4.78, 5) is 0. The fourth-order valence-electron chi connectivity index (χ4n) is 1.68. The molecule has 2 nitrogen and oxygen atoms in total. The second-order valence-electron chi connectivity index (χ2n) is 4.28. The fourth-order valence-corrected chi connectivity index (χ4v) is 2.37. The summed E-state index contributed by atoms with van der Waals surface area (Å²) in [5, 5.41) is 9.98. The zero-order valence-electron chi connectivity index (χ0n) is 10.4. The first-order chi connectivity index (χ1) is 9.06. The largest absolute Gasteiger partial charge is 0.487 e. The van der Waals surface area contributed by atoms with E-state index in [4.69, 9.17) is 16.3 Å². The second-order valence-corrected chi connectivity index (χ2v) is 5.61. The van der Waals surface area contributed by atoms with Crippen LogP contribution in [-0.4, -0.2) is 5.11 Å². The molecule has 0 bridgehead atoms. The van der Waals surface area contributed by atoms with Crippen LogP contribution in [0.15, 0.2) is 46.9 Å². The molecule has 100 valence electrons. The van der Waals surface area contributed by atoms with Crippen molar-refractivity contribution in [1.29, 1.82) is 0 Å². The zero-order chi connectivity index (χ0) is 13.8. The lowest BCUT2D eigenvalue weighted by Gasteiger charge is -2.11. The van der Waals surface area contributed by atoms with Crippen molar-refractivity contribution in [2.45, 2.75) is 19.6 Å². The number of ether oxygens (including phenoxy) is 1. The van der Waals surface area contributed by atoms with Crippen molar-refractivity contribution in [1.82, 2.24) is 0 Å². The van der Waals surface area contributed by atoms with Crippen LogP contribution in [0.4, 0.5) is 0 Å². The molecule has 0 saturated heterocycles. The first-order valence-electron chi connectivity index (χ1n) is 5.91. The molecule has 0 saturated carbocycles. The average molecular weight is 342 g/mol. The van der Waals surface area contributed by atoms with E-state index in [9.17, 15) is 5.11 Å². The number of hydrogen-bond donors (Lipinski definition) is 1. The van der Waals surface area contributed by atoms with E-state index in [1.54, 1.807) is 19.1 Å². The Labute approximate surface area is 126 Å². The van der Waals surface area contributed by atoms with Gasteiger partial charge in [0.05, 0.1) is 11.1 Å². The highest BCUT2D eigenvalue weighted by atomic mass is 79.9. The third-order valence-corrected chi connectivity index (χ3v) is 3.51. The van der Waals surface area contributed by atoms with Gasteiger partial charge in [-0.05, 0) is 42.3 Å². The molecule has 0 heterocycles. The predicted octanol–water partition coefficient (Wildman–Crippen LogP) is 4.73. The van der Waals surface area contributed by atoms with Gasteiger partial charge in [-0.2, -0.15) is 0 Å². The second kappa shape index (κ2) is 6.42. The number of benzene rings is 2. The maximum absolute atomic E-state index is 9.47. The molecule has 1 N–H and O–H groups in total.